The zero-order valence-corrected chi connectivity index (χ0v) is 12.9. The fourth-order valence-electron chi connectivity index (χ4n) is 2.44. The second-order valence-corrected chi connectivity index (χ2v) is 5.65. The maximum absolute atomic E-state index is 9.63. The molecule has 2 N–H and O–H groups in total. The summed E-state index contributed by atoms with van der Waals surface area (Å²) in [5.74, 6) is 0. The van der Waals surface area contributed by atoms with Crippen molar-refractivity contribution in [1.29, 1.82) is 0 Å². The second-order valence-electron chi connectivity index (χ2n) is 5.65. The van der Waals surface area contributed by atoms with Crippen molar-refractivity contribution in [2.75, 3.05) is 18.5 Å². The third kappa shape index (κ3) is 4.08. The lowest BCUT2D eigenvalue weighted by Crippen LogP contribution is -2.32. The molecule has 1 heterocycles. The van der Waals surface area contributed by atoms with Crippen LogP contribution in [0.15, 0.2) is 43.0 Å². The summed E-state index contributed by atoms with van der Waals surface area (Å²) in [7, 11) is 0. The Morgan fingerprint density at radius 2 is 2.10 bits per heavy atom. The zero-order chi connectivity index (χ0) is 15.1. The summed E-state index contributed by atoms with van der Waals surface area (Å²) >= 11 is 0. The average Bonchev–Trinajstić information content (AvgIpc) is 3.03. The van der Waals surface area contributed by atoms with Crippen LogP contribution in [-0.2, 0) is 6.54 Å². The maximum Gasteiger partial charge on any atom is 0.0949 e. The first-order chi connectivity index (χ1) is 10.2. The quantitative estimate of drug-likeness (QED) is 0.784. The van der Waals surface area contributed by atoms with Crippen LogP contribution >= 0.6 is 0 Å². The van der Waals surface area contributed by atoms with E-state index in [-0.39, 0.29) is 12.0 Å². The van der Waals surface area contributed by atoms with Crippen molar-refractivity contribution in [3.05, 3.63) is 48.5 Å². The van der Waals surface area contributed by atoms with Gasteiger partial charge in [0, 0.05) is 36.6 Å². The first-order valence-corrected chi connectivity index (χ1v) is 7.61. The molecule has 4 heteroatoms. The van der Waals surface area contributed by atoms with Gasteiger partial charge in [-0.2, -0.15) is 0 Å². The normalized spacial score (nSPS) is 11.6. The van der Waals surface area contributed by atoms with Crippen molar-refractivity contribution < 1.29 is 5.11 Å². The van der Waals surface area contributed by atoms with Crippen LogP contribution in [0.1, 0.15) is 32.3 Å². The Hall–Kier alpha value is -1.81. The molecule has 2 aromatic rings. The minimum Gasteiger partial charge on any atom is -0.396 e. The van der Waals surface area contributed by atoms with E-state index in [0.717, 1.165) is 31.6 Å². The first-order valence-electron chi connectivity index (χ1n) is 7.61. The molecule has 0 saturated heterocycles. The Labute approximate surface area is 126 Å². The zero-order valence-electron chi connectivity index (χ0n) is 12.9. The highest BCUT2D eigenvalue weighted by atomic mass is 16.3. The summed E-state index contributed by atoms with van der Waals surface area (Å²) < 4.78 is 2.05. The van der Waals surface area contributed by atoms with Crippen LogP contribution in [0.5, 0.6) is 0 Å². The Bertz CT molecular complexity index is 524. The summed E-state index contributed by atoms with van der Waals surface area (Å²) in [4.78, 5) is 4.06. The first kappa shape index (κ1) is 15.6. The van der Waals surface area contributed by atoms with E-state index in [0.29, 0.717) is 0 Å². The van der Waals surface area contributed by atoms with Gasteiger partial charge >= 0.3 is 0 Å². The minimum absolute atomic E-state index is 0.0274. The molecule has 2 rings (SSSR count). The Kier molecular flexibility index (Phi) is 5.39. The van der Waals surface area contributed by atoms with Gasteiger partial charge in [0.25, 0.3) is 0 Å². The van der Waals surface area contributed by atoms with E-state index >= 15 is 0 Å². The molecule has 0 amide bonds. The highest BCUT2D eigenvalue weighted by Gasteiger charge is 2.24. The van der Waals surface area contributed by atoms with Crippen molar-refractivity contribution in [3.8, 4) is 0 Å². The van der Waals surface area contributed by atoms with Gasteiger partial charge in [-0.05, 0) is 30.5 Å². The number of hydrogen-bond donors (Lipinski definition) is 2. The highest BCUT2D eigenvalue weighted by Crippen LogP contribution is 2.26. The lowest BCUT2D eigenvalue weighted by Gasteiger charge is -2.30. The number of rotatable bonds is 8. The molecule has 21 heavy (non-hydrogen) atoms. The summed E-state index contributed by atoms with van der Waals surface area (Å²) in [6.45, 7) is 6.11. The van der Waals surface area contributed by atoms with Gasteiger partial charge in [0.05, 0.1) is 12.9 Å². The van der Waals surface area contributed by atoms with E-state index in [4.69, 9.17) is 0 Å². The second kappa shape index (κ2) is 7.27. The molecule has 1 aromatic heterocycles. The molecular formula is C17H25N3O. The average molecular weight is 287 g/mol. The third-order valence-electron chi connectivity index (χ3n) is 4.35. The van der Waals surface area contributed by atoms with Crippen LogP contribution in [0.25, 0.3) is 0 Å². The summed E-state index contributed by atoms with van der Waals surface area (Å²) in [6.07, 6.45) is 7.53. The third-order valence-corrected chi connectivity index (χ3v) is 4.35. The van der Waals surface area contributed by atoms with E-state index < -0.39 is 0 Å². The molecule has 0 aliphatic carbocycles. The van der Waals surface area contributed by atoms with Crippen LogP contribution in [0.4, 0.5) is 5.69 Å². The largest absolute Gasteiger partial charge is 0.396 e. The highest BCUT2D eigenvalue weighted by molar-refractivity contribution is 5.46. The van der Waals surface area contributed by atoms with Crippen LogP contribution in [0, 0.1) is 5.41 Å². The number of anilines is 1. The molecule has 0 fully saturated rings. The molecule has 1 aromatic carbocycles. The van der Waals surface area contributed by atoms with Crippen molar-refractivity contribution >= 4 is 5.69 Å². The fraction of sp³-hybridized carbons (Fsp3) is 0.471. The monoisotopic (exact) mass is 287 g/mol. The predicted octanol–water partition coefficient (Wildman–Crippen LogP) is 3.14. The lowest BCUT2D eigenvalue weighted by molar-refractivity contribution is 0.127. The van der Waals surface area contributed by atoms with Crippen molar-refractivity contribution in [2.24, 2.45) is 5.41 Å². The van der Waals surface area contributed by atoms with Crippen LogP contribution in [-0.4, -0.2) is 27.8 Å². The van der Waals surface area contributed by atoms with Gasteiger partial charge in [-0.15, -0.1) is 0 Å². The molecule has 114 valence electrons. The van der Waals surface area contributed by atoms with Crippen LogP contribution < -0.4 is 5.32 Å². The molecule has 0 aliphatic heterocycles. The van der Waals surface area contributed by atoms with Crippen LogP contribution in [0.3, 0.4) is 0 Å². The summed E-state index contributed by atoms with van der Waals surface area (Å²) in [5, 5.41) is 13.1. The number of aliphatic hydroxyl groups excluding tert-OH is 1. The smallest absolute Gasteiger partial charge is 0.0949 e. The van der Waals surface area contributed by atoms with Crippen LogP contribution in [0.2, 0.25) is 0 Å². The summed E-state index contributed by atoms with van der Waals surface area (Å²) in [6, 6.07) is 8.41. The minimum atomic E-state index is -0.0274. The number of aliphatic hydroxyl groups is 1. The molecule has 0 saturated carbocycles. The number of hydrogen-bond acceptors (Lipinski definition) is 3. The van der Waals surface area contributed by atoms with Gasteiger partial charge in [0.15, 0.2) is 0 Å². The standard InChI is InChI=1S/C17H25N3O/c1-3-17(4-2,13-21)12-19-16-7-5-6-15(10-16)11-20-9-8-18-14-20/h5-10,14,19,21H,3-4,11-13H2,1-2H3. The molecule has 4 nitrogen and oxygen atoms in total. The molecule has 0 atom stereocenters. The molecule has 0 spiro atoms. The Balaban J connectivity index is 2.01. The van der Waals surface area contributed by atoms with E-state index in [1.54, 1.807) is 6.20 Å². The van der Waals surface area contributed by atoms with Gasteiger partial charge in [0.1, 0.15) is 0 Å². The van der Waals surface area contributed by atoms with E-state index in [1.807, 2.05) is 12.5 Å². The van der Waals surface area contributed by atoms with Gasteiger partial charge in [-0.3, -0.25) is 0 Å². The van der Waals surface area contributed by atoms with E-state index in [1.165, 1.54) is 5.56 Å². The molecule has 0 bridgehead atoms. The van der Waals surface area contributed by atoms with Crippen molar-refractivity contribution in [1.82, 2.24) is 9.55 Å². The number of nitrogens with one attached hydrogen (secondary N) is 1. The van der Waals surface area contributed by atoms with Gasteiger partial charge in [0.2, 0.25) is 0 Å². The van der Waals surface area contributed by atoms with Crippen molar-refractivity contribution in [2.45, 2.75) is 33.2 Å². The van der Waals surface area contributed by atoms with Crippen molar-refractivity contribution in [3.63, 3.8) is 0 Å². The lowest BCUT2D eigenvalue weighted by atomic mass is 9.83. The Morgan fingerprint density at radius 1 is 1.29 bits per heavy atom. The summed E-state index contributed by atoms with van der Waals surface area (Å²) in [5.41, 5.74) is 2.31. The molecule has 0 aliphatic rings. The topological polar surface area (TPSA) is 50.1 Å². The van der Waals surface area contributed by atoms with E-state index in [9.17, 15) is 5.11 Å². The SMILES string of the molecule is CCC(CC)(CO)CNc1cccc(Cn2ccnc2)c1. The molecule has 0 unspecified atom stereocenters. The fourth-order valence-corrected chi connectivity index (χ4v) is 2.44. The number of nitrogens with zero attached hydrogens (tertiary/aromatic N) is 2. The Morgan fingerprint density at radius 3 is 2.71 bits per heavy atom. The predicted molar refractivity (Wildman–Crippen MR) is 86.4 cm³/mol. The van der Waals surface area contributed by atoms with Gasteiger partial charge in [-0.1, -0.05) is 26.0 Å². The van der Waals surface area contributed by atoms with E-state index in [2.05, 4.69) is 53.0 Å². The number of benzene rings is 1. The number of aromatic nitrogens is 2. The van der Waals surface area contributed by atoms with Gasteiger partial charge < -0.3 is 15.0 Å². The molecule has 0 radical (unpaired) electrons. The van der Waals surface area contributed by atoms with Gasteiger partial charge in [-0.25, -0.2) is 4.98 Å². The maximum atomic E-state index is 9.63. The molecular weight excluding hydrogens is 262 g/mol. The number of imidazole rings is 1.